The zero-order chi connectivity index (χ0) is 18.4. The lowest BCUT2D eigenvalue weighted by Gasteiger charge is -2.36. The molecule has 140 valence electrons. The molecular formula is C19H37NO3Si. The molecule has 0 aromatic heterocycles. The van der Waals surface area contributed by atoms with E-state index in [1.807, 2.05) is 25.7 Å². The Morgan fingerprint density at radius 1 is 1.21 bits per heavy atom. The largest absolute Gasteiger partial charge is 0.444 e. The monoisotopic (exact) mass is 355 g/mol. The molecule has 0 bridgehead atoms. The fraction of sp³-hybridized carbons (Fsp3) is 0.947. The van der Waals surface area contributed by atoms with Gasteiger partial charge >= 0.3 is 6.09 Å². The summed E-state index contributed by atoms with van der Waals surface area (Å²) in [4.78, 5) is 14.5. The minimum Gasteiger partial charge on any atom is -0.444 e. The van der Waals surface area contributed by atoms with Crippen LogP contribution in [0.3, 0.4) is 0 Å². The zero-order valence-corrected chi connectivity index (χ0v) is 18.0. The van der Waals surface area contributed by atoms with Gasteiger partial charge in [0.1, 0.15) is 5.60 Å². The minimum atomic E-state index is -1.67. The van der Waals surface area contributed by atoms with Gasteiger partial charge in [0, 0.05) is 18.7 Å². The van der Waals surface area contributed by atoms with Gasteiger partial charge in [-0.1, -0.05) is 20.8 Å². The summed E-state index contributed by atoms with van der Waals surface area (Å²) in [5, 5.41) is 0.254. The van der Waals surface area contributed by atoms with Gasteiger partial charge in [-0.2, -0.15) is 0 Å². The van der Waals surface area contributed by atoms with Crippen molar-refractivity contribution in [2.75, 3.05) is 13.2 Å². The van der Waals surface area contributed by atoms with Crippen LogP contribution in [0, 0.1) is 5.92 Å². The number of nitrogens with zero attached hydrogens (tertiary/aromatic N) is 1. The fourth-order valence-corrected chi connectivity index (χ4v) is 4.60. The van der Waals surface area contributed by atoms with E-state index in [9.17, 15) is 4.79 Å². The summed E-state index contributed by atoms with van der Waals surface area (Å²) in [7, 11) is -1.67. The van der Waals surface area contributed by atoms with E-state index in [0.717, 1.165) is 38.8 Å². The third-order valence-electron chi connectivity index (χ3n) is 6.08. The maximum Gasteiger partial charge on any atom is 0.410 e. The molecular weight excluding hydrogens is 318 g/mol. The Hall–Kier alpha value is -0.553. The SMILES string of the molecule is CC(C)(C)OC(=O)N1CCC[C@@]12C[C@H]2CCO[Si](C)(C)C(C)(C)C. The van der Waals surface area contributed by atoms with Crippen molar-refractivity contribution in [3.8, 4) is 0 Å². The predicted octanol–water partition coefficient (Wildman–Crippen LogP) is 5.19. The summed E-state index contributed by atoms with van der Waals surface area (Å²) in [5.41, 5.74) is -0.351. The average molecular weight is 356 g/mol. The summed E-state index contributed by atoms with van der Waals surface area (Å²) in [6.45, 7) is 18.9. The Morgan fingerprint density at radius 3 is 2.38 bits per heavy atom. The van der Waals surface area contributed by atoms with Crippen LogP contribution in [0.2, 0.25) is 18.1 Å². The summed E-state index contributed by atoms with van der Waals surface area (Å²) in [6.07, 6.45) is 4.27. The van der Waals surface area contributed by atoms with Gasteiger partial charge in [-0.3, -0.25) is 0 Å². The standard InChI is InChI=1S/C19H37NO3Si/c1-17(2,3)23-16(21)20-12-9-11-19(20)14-15(19)10-13-22-24(7,8)18(4,5)6/h15H,9-14H2,1-8H3/t15-,19+/m1/s1. The number of hydrogen-bond donors (Lipinski definition) is 0. The van der Waals surface area contributed by atoms with E-state index in [1.54, 1.807) is 0 Å². The maximum atomic E-state index is 12.5. The molecule has 1 saturated carbocycles. The molecule has 1 spiro atoms. The molecule has 1 heterocycles. The smallest absolute Gasteiger partial charge is 0.410 e. The van der Waals surface area contributed by atoms with E-state index in [0.29, 0.717) is 5.92 Å². The van der Waals surface area contributed by atoms with E-state index >= 15 is 0 Å². The summed E-state index contributed by atoms with van der Waals surface area (Å²) in [5.74, 6) is 0.581. The average Bonchev–Trinajstić information content (AvgIpc) is 2.87. The van der Waals surface area contributed by atoms with Crippen LogP contribution < -0.4 is 0 Å². The van der Waals surface area contributed by atoms with Gasteiger partial charge in [0.05, 0.1) is 0 Å². The number of hydrogen-bond acceptors (Lipinski definition) is 3. The van der Waals surface area contributed by atoms with Gasteiger partial charge in [0.15, 0.2) is 8.32 Å². The number of carbonyl (C=O) groups is 1. The van der Waals surface area contributed by atoms with Crippen LogP contribution in [0.4, 0.5) is 4.79 Å². The molecule has 24 heavy (non-hydrogen) atoms. The highest BCUT2D eigenvalue weighted by Gasteiger charge is 2.61. The molecule has 0 aromatic rings. The molecule has 2 aliphatic rings. The van der Waals surface area contributed by atoms with Gasteiger partial charge in [-0.15, -0.1) is 0 Å². The van der Waals surface area contributed by atoms with Crippen molar-refractivity contribution in [1.82, 2.24) is 4.90 Å². The molecule has 0 radical (unpaired) electrons. The van der Waals surface area contributed by atoms with Crippen LogP contribution in [-0.2, 0) is 9.16 Å². The van der Waals surface area contributed by atoms with Crippen molar-refractivity contribution in [3.05, 3.63) is 0 Å². The summed E-state index contributed by atoms with van der Waals surface area (Å²) in [6, 6.07) is 0. The van der Waals surface area contributed by atoms with Gasteiger partial charge in [0.2, 0.25) is 0 Å². The quantitative estimate of drug-likeness (QED) is 0.652. The third kappa shape index (κ3) is 4.16. The van der Waals surface area contributed by atoms with Crippen molar-refractivity contribution in [2.45, 2.75) is 96.5 Å². The summed E-state index contributed by atoms with van der Waals surface area (Å²) < 4.78 is 11.9. The van der Waals surface area contributed by atoms with Gasteiger partial charge in [0.25, 0.3) is 0 Å². The summed E-state index contributed by atoms with van der Waals surface area (Å²) >= 11 is 0. The van der Waals surface area contributed by atoms with Crippen molar-refractivity contribution in [1.29, 1.82) is 0 Å². The molecule has 1 amide bonds. The number of amides is 1. The first-order valence-corrected chi connectivity index (χ1v) is 12.3. The fourth-order valence-electron chi connectivity index (χ4n) is 3.54. The maximum absolute atomic E-state index is 12.5. The first kappa shape index (κ1) is 19.8. The Bertz CT molecular complexity index is 478. The highest BCUT2D eigenvalue weighted by atomic mass is 28.4. The van der Waals surface area contributed by atoms with E-state index in [2.05, 4.69) is 33.9 Å². The molecule has 2 rings (SSSR count). The number of likely N-dealkylation sites (tertiary alicyclic amines) is 1. The highest BCUT2D eigenvalue weighted by molar-refractivity contribution is 6.74. The van der Waals surface area contributed by atoms with Gasteiger partial charge in [-0.05, 0) is 70.5 Å². The Labute approximate surface area is 149 Å². The molecule has 4 nitrogen and oxygen atoms in total. The zero-order valence-electron chi connectivity index (χ0n) is 17.0. The highest BCUT2D eigenvalue weighted by Crippen LogP contribution is 2.57. The van der Waals surface area contributed by atoms with Crippen LogP contribution in [0.15, 0.2) is 0 Å². The van der Waals surface area contributed by atoms with E-state index in [4.69, 9.17) is 9.16 Å². The lowest BCUT2D eigenvalue weighted by Crippen LogP contribution is -2.43. The van der Waals surface area contributed by atoms with Crippen LogP contribution >= 0.6 is 0 Å². The molecule has 0 aromatic carbocycles. The van der Waals surface area contributed by atoms with Crippen molar-refractivity contribution >= 4 is 14.4 Å². The Balaban J connectivity index is 1.87. The van der Waals surface area contributed by atoms with E-state index < -0.39 is 13.9 Å². The van der Waals surface area contributed by atoms with Crippen LogP contribution in [-0.4, -0.2) is 43.6 Å². The molecule has 1 aliphatic carbocycles. The normalized spacial score (nSPS) is 27.7. The molecule has 5 heteroatoms. The lowest BCUT2D eigenvalue weighted by atomic mass is 10.1. The van der Waals surface area contributed by atoms with E-state index in [-0.39, 0.29) is 16.7 Å². The molecule has 2 atom stereocenters. The van der Waals surface area contributed by atoms with Crippen LogP contribution in [0.1, 0.15) is 67.2 Å². The topological polar surface area (TPSA) is 38.8 Å². The Morgan fingerprint density at radius 2 is 1.83 bits per heavy atom. The number of rotatable bonds is 4. The van der Waals surface area contributed by atoms with E-state index in [1.165, 1.54) is 0 Å². The van der Waals surface area contributed by atoms with Crippen LogP contribution in [0.5, 0.6) is 0 Å². The van der Waals surface area contributed by atoms with Crippen LogP contribution in [0.25, 0.3) is 0 Å². The molecule has 2 fully saturated rings. The molecule has 1 aliphatic heterocycles. The molecule has 1 saturated heterocycles. The van der Waals surface area contributed by atoms with Crippen molar-refractivity contribution in [2.24, 2.45) is 5.92 Å². The second-order valence-electron chi connectivity index (χ2n) is 10.1. The first-order chi connectivity index (χ1) is 10.8. The second kappa shape index (κ2) is 6.31. The molecule has 0 unspecified atom stereocenters. The first-order valence-electron chi connectivity index (χ1n) is 9.43. The molecule has 0 N–H and O–H groups in total. The van der Waals surface area contributed by atoms with Crippen molar-refractivity contribution in [3.63, 3.8) is 0 Å². The second-order valence-corrected chi connectivity index (χ2v) is 14.9. The predicted molar refractivity (Wildman–Crippen MR) is 101 cm³/mol. The number of carbonyl (C=O) groups excluding carboxylic acids is 1. The third-order valence-corrected chi connectivity index (χ3v) is 10.6. The Kier molecular flexibility index (Phi) is 5.20. The van der Waals surface area contributed by atoms with Gasteiger partial charge in [-0.25, -0.2) is 4.79 Å². The number of ether oxygens (including phenoxy) is 1. The van der Waals surface area contributed by atoms with Gasteiger partial charge < -0.3 is 14.1 Å². The van der Waals surface area contributed by atoms with Crippen molar-refractivity contribution < 1.29 is 14.0 Å². The minimum absolute atomic E-state index is 0.0686. The lowest BCUT2D eigenvalue weighted by molar-refractivity contribution is 0.0184.